The number of nitrogens with two attached hydrogens (primary N) is 1. The summed E-state index contributed by atoms with van der Waals surface area (Å²) in [7, 11) is 0. The Morgan fingerprint density at radius 3 is 2.53 bits per heavy atom. The highest BCUT2D eigenvalue weighted by molar-refractivity contribution is 6.07. The first kappa shape index (κ1) is 22.9. The van der Waals surface area contributed by atoms with Gasteiger partial charge in [-0.1, -0.05) is 17.7 Å². The quantitative estimate of drug-likeness (QED) is 0.412. The fourth-order valence-corrected chi connectivity index (χ4v) is 3.30. The van der Waals surface area contributed by atoms with E-state index in [2.05, 4.69) is 9.97 Å². The van der Waals surface area contributed by atoms with E-state index in [1.165, 1.54) is 0 Å². The number of hydrogen-bond donors (Lipinski definition) is 1. The molecule has 0 atom stereocenters. The lowest BCUT2D eigenvalue weighted by atomic mass is 9.99. The lowest BCUT2D eigenvalue weighted by Crippen LogP contribution is -2.11. The molecule has 2 heterocycles. The molecule has 0 radical (unpaired) electrons. The van der Waals surface area contributed by atoms with Crippen LogP contribution in [0.25, 0.3) is 11.1 Å². The Bertz CT molecular complexity index is 1200. The Morgan fingerprint density at radius 1 is 1.06 bits per heavy atom. The van der Waals surface area contributed by atoms with Gasteiger partial charge in [0, 0.05) is 12.0 Å². The lowest BCUT2D eigenvalue weighted by molar-refractivity contribution is -0.145. The number of ketones is 1. The number of hydrogen-bond acceptors (Lipinski definition) is 9. The molecule has 32 heavy (non-hydrogen) atoms. The van der Waals surface area contributed by atoms with Crippen LogP contribution in [-0.4, -0.2) is 34.3 Å². The van der Waals surface area contributed by atoms with E-state index in [0.717, 1.165) is 11.1 Å². The Labute approximate surface area is 184 Å². The standard InChI is InChI=1S/C23H25N3O6/c1-5-30-23(29)19-14(4)32-22-20(19)21(24)25-17(26-22)11-31-18(28)9-8-16(27)15-10-12(2)6-7-13(15)3/h6-7,10H,5,8-9,11H2,1-4H3,(H2,24,25,26). The second-order valence-corrected chi connectivity index (χ2v) is 7.36. The van der Waals surface area contributed by atoms with Crippen LogP contribution in [0.1, 0.15) is 63.2 Å². The van der Waals surface area contributed by atoms with E-state index in [4.69, 9.17) is 19.6 Å². The smallest absolute Gasteiger partial charge is 0.342 e. The normalized spacial score (nSPS) is 10.9. The number of anilines is 1. The third-order valence-electron chi connectivity index (χ3n) is 4.89. The van der Waals surface area contributed by atoms with Crippen LogP contribution in [0.2, 0.25) is 0 Å². The van der Waals surface area contributed by atoms with Crippen molar-refractivity contribution in [2.75, 3.05) is 12.3 Å². The van der Waals surface area contributed by atoms with Crippen LogP contribution < -0.4 is 5.73 Å². The molecule has 0 aliphatic rings. The number of fused-ring (bicyclic) bond motifs is 1. The van der Waals surface area contributed by atoms with Crippen molar-refractivity contribution in [2.45, 2.75) is 47.1 Å². The monoisotopic (exact) mass is 439 g/mol. The third-order valence-corrected chi connectivity index (χ3v) is 4.89. The van der Waals surface area contributed by atoms with Crippen molar-refractivity contribution in [1.82, 2.24) is 9.97 Å². The Hall–Kier alpha value is -3.75. The minimum absolute atomic E-state index is 0.0195. The average molecular weight is 439 g/mol. The van der Waals surface area contributed by atoms with Crippen LogP contribution in [0, 0.1) is 20.8 Å². The highest BCUT2D eigenvalue weighted by Crippen LogP contribution is 2.29. The number of nitrogens with zero attached hydrogens (tertiary/aromatic N) is 2. The van der Waals surface area contributed by atoms with Gasteiger partial charge in [-0.3, -0.25) is 9.59 Å². The summed E-state index contributed by atoms with van der Waals surface area (Å²) in [5.41, 5.74) is 8.72. The highest BCUT2D eigenvalue weighted by Gasteiger charge is 2.24. The van der Waals surface area contributed by atoms with E-state index in [1.807, 2.05) is 32.0 Å². The molecule has 9 heteroatoms. The van der Waals surface area contributed by atoms with Gasteiger partial charge >= 0.3 is 11.9 Å². The van der Waals surface area contributed by atoms with Crippen LogP contribution in [0.5, 0.6) is 0 Å². The summed E-state index contributed by atoms with van der Waals surface area (Å²) in [5, 5.41) is 0.259. The van der Waals surface area contributed by atoms with Crippen molar-refractivity contribution >= 4 is 34.6 Å². The van der Waals surface area contributed by atoms with Gasteiger partial charge in [0.2, 0.25) is 5.71 Å². The molecule has 3 rings (SSSR count). The van der Waals surface area contributed by atoms with Crippen molar-refractivity contribution in [3.63, 3.8) is 0 Å². The number of Topliss-reactive ketones (excluding diaryl/α,β-unsaturated/α-hetero) is 1. The number of rotatable bonds is 8. The molecule has 0 bridgehead atoms. The van der Waals surface area contributed by atoms with Gasteiger partial charge in [0.1, 0.15) is 17.1 Å². The average Bonchev–Trinajstić information content (AvgIpc) is 3.08. The summed E-state index contributed by atoms with van der Waals surface area (Å²) in [6.45, 7) is 7.00. The van der Waals surface area contributed by atoms with Gasteiger partial charge in [-0.05, 0) is 39.3 Å². The second-order valence-electron chi connectivity index (χ2n) is 7.36. The molecule has 9 nitrogen and oxygen atoms in total. The Balaban J connectivity index is 1.64. The summed E-state index contributed by atoms with van der Waals surface area (Å²) in [6.07, 6.45) is -0.0394. The van der Waals surface area contributed by atoms with Gasteiger partial charge in [0.25, 0.3) is 0 Å². The molecular formula is C23H25N3O6. The maximum Gasteiger partial charge on any atom is 0.342 e. The molecule has 0 aliphatic carbocycles. The number of ether oxygens (including phenoxy) is 2. The van der Waals surface area contributed by atoms with Crippen molar-refractivity contribution in [3.05, 3.63) is 52.0 Å². The van der Waals surface area contributed by atoms with Crippen LogP contribution in [0.15, 0.2) is 22.6 Å². The van der Waals surface area contributed by atoms with E-state index in [1.54, 1.807) is 13.8 Å². The fraction of sp³-hybridized carbons (Fsp3) is 0.348. The zero-order valence-electron chi connectivity index (χ0n) is 18.5. The number of carbonyl (C=O) groups excluding carboxylic acids is 3. The van der Waals surface area contributed by atoms with Gasteiger partial charge in [-0.15, -0.1) is 0 Å². The number of aryl methyl sites for hydroxylation is 3. The summed E-state index contributed by atoms with van der Waals surface area (Å²) < 4.78 is 15.7. The van der Waals surface area contributed by atoms with E-state index in [9.17, 15) is 14.4 Å². The molecule has 0 unspecified atom stereocenters. The van der Waals surface area contributed by atoms with Gasteiger partial charge in [0.15, 0.2) is 18.2 Å². The predicted octanol–water partition coefficient (Wildman–Crippen LogP) is 3.61. The van der Waals surface area contributed by atoms with Crippen molar-refractivity contribution in [2.24, 2.45) is 0 Å². The zero-order chi connectivity index (χ0) is 23.4. The van der Waals surface area contributed by atoms with Gasteiger partial charge in [-0.25, -0.2) is 9.78 Å². The van der Waals surface area contributed by atoms with Gasteiger partial charge in [-0.2, -0.15) is 4.98 Å². The molecule has 0 saturated heterocycles. The molecule has 0 fully saturated rings. The van der Waals surface area contributed by atoms with E-state index >= 15 is 0 Å². The SMILES string of the molecule is CCOC(=O)c1c(C)oc2nc(COC(=O)CCC(=O)c3cc(C)ccc3C)nc(N)c12. The first-order valence-electron chi connectivity index (χ1n) is 10.2. The van der Waals surface area contributed by atoms with Crippen molar-refractivity contribution < 1.29 is 28.3 Å². The van der Waals surface area contributed by atoms with Gasteiger partial charge < -0.3 is 19.6 Å². The Kier molecular flexibility index (Phi) is 6.87. The molecule has 0 spiro atoms. The summed E-state index contributed by atoms with van der Waals surface area (Å²) >= 11 is 0. The predicted molar refractivity (Wildman–Crippen MR) is 116 cm³/mol. The van der Waals surface area contributed by atoms with Gasteiger partial charge in [0.05, 0.1) is 18.4 Å². The van der Waals surface area contributed by atoms with E-state index in [-0.39, 0.29) is 60.1 Å². The maximum absolute atomic E-state index is 12.4. The minimum Gasteiger partial charge on any atom is -0.462 e. The molecular weight excluding hydrogens is 414 g/mol. The lowest BCUT2D eigenvalue weighted by Gasteiger charge is -2.07. The summed E-state index contributed by atoms with van der Waals surface area (Å²) in [6, 6.07) is 5.62. The molecule has 0 aliphatic heterocycles. The summed E-state index contributed by atoms with van der Waals surface area (Å²) in [4.78, 5) is 45.0. The summed E-state index contributed by atoms with van der Waals surface area (Å²) in [5.74, 6) is -0.818. The second kappa shape index (κ2) is 9.59. The molecule has 2 N–H and O–H groups in total. The van der Waals surface area contributed by atoms with Crippen LogP contribution in [0.3, 0.4) is 0 Å². The van der Waals surface area contributed by atoms with Crippen molar-refractivity contribution in [1.29, 1.82) is 0 Å². The van der Waals surface area contributed by atoms with Crippen molar-refractivity contribution in [3.8, 4) is 0 Å². The highest BCUT2D eigenvalue weighted by atomic mass is 16.5. The number of benzene rings is 1. The molecule has 3 aromatic rings. The van der Waals surface area contributed by atoms with Crippen LogP contribution in [0.4, 0.5) is 5.82 Å². The Morgan fingerprint density at radius 2 is 1.81 bits per heavy atom. The van der Waals surface area contributed by atoms with Crippen LogP contribution in [-0.2, 0) is 20.9 Å². The van der Waals surface area contributed by atoms with Crippen LogP contribution >= 0.6 is 0 Å². The fourth-order valence-electron chi connectivity index (χ4n) is 3.30. The number of nitrogen functional groups attached to an aromatic ring is 1. The largest absolute Gasteiger partial charge is 0.462 e. The minimum atomic E-state index is -0.577. The third kappa shape index (κ3) is 4.93. The number of esters is 2. The first-order valence-corrected chi connectivity index (χ1v) is 10.2. The first-order chi connectivity index (χ1) is 15.2. The molecule has 0 amide bonds. The number of furan rings is 1. The zero-order valence-corrected chi connectivity index (χ0v) is 18.5. The molecule has 2 aromatic heterocycles. The number of carbonyl (C=O) groups is 3. The molecule has 1 aromatic carbocycles. The van der Waals surface area contributed by atoms with E-state index < -0.39 is 11.9 Å². The molecule has 0 saturated carbocycles. The molecule has 168 valence electrons. The maximum atomic E-state index is 12.4. The van der Waals surface area contributed by atoms with E-state index in [0.29, 0.717) is 11.3 Å². The number of aromatic nitrogens is 2. The topological polar surface area (TPSA) is 135 Å².